The molecule has 7 aromatic carbocycles. The molecule has 0 amide bonds. The molecular weight excluding hydrogens is 908 g/mol. The second-order valence-electron chi connectivity index (χ2n) is 26.9. The van der Waals surface area contributed by atoms with E-state index in [1.807, 2.05) is 22.7 Å². The first-order valence-electron chi connectivity index (χ1n) is 27.1. The third-order valence-electron chi connectivity index (χ3n) is 19.6. The highest BCUT2D eigenvalue weighted by Crippen LogP contribution is 2.58. The predicted octanol–water partition coefficient (Wildman–Crippen LogP) is 18.5. The molecule has 2 nitrogen and oxygen atoms in total. The summed E-state index contributed by atoms with van der Waals surface area (Å²) in [6.07, 6.45) is 7.10. The topological polar surface area (TPSA) is 6.48 Å². The van der Waals surface area contributed by atoms with Crippen molar-refractivity contribution in [2.24, 2.45) is 0 Å². The maximum atomic E-state index is 2.88. The Balaban J connectivity index is 1.19. The van der Waals surface area contributed by atoms with Crippen molar-refractivity contribution in [3.63, 3.8) is 0 Å². The second-order valence-corrected chi connectivity index (χ2v) is 29.0. The van der Waals surface area contributed by atoms with Crippen LogP contribution >= 0.6 is 22.7 Å². The minimum Gasteiger partial charge on any atom is -0.376 e. The van der Waals surface area contributed by atoms with E-state index in [9.17, 15) is 0 Å². The molecule has 2 aromatic heterocycles. The zero-order valence-electron chi connectivity index (χ0n) is 44.9. The molecule has 5 aliphatic rings. The van der Waals surface area contributed by atoms with Crippen LogP contribution in [0.3, 0.4) is 0 Å². The molecular formula is C67H69BN2S2. The first-order valence-corrected chi connectivity index (χ1v) is 28.7. The maximum Gasteiger partial charge on any atom is 0.334 e. The summed E-state index contributed by atoms with van der Waals surface area (Å²) >= 11 is 4.00. The van der Waals surface area contributed by atoms with Crippen molar-refractivity contribution >= 4 is 109 Å². The van der Waals surface area contributed by atoms with Gasteiger partial charge in [0.05, 0.1) is 10.4 Å². The van der Waals surface area contributed by atoms with Crippen molar-refractivity contribution in [2.75, 3.05) is 9.71 Å². The minimum atomic E-state index is -0.0936. The van der Waals surface area contributed by atoms with Crippen molar-refractivity contribution in [1.82, 2.24) is 0 Å². The Morgan fingerprint density at radius 2 is 0.903 bits per heavy atom. The van der Waals surface area contributed by atoms with E-state index in [0.717, 1.165) is 0 Å². The van der Waals surface area contributed by atoms with Gasteiger partial charge in [-0.2, -0.15) is 0 Å². The summed E-state index contributed by atoms with van der Waals surface area (Å²) in [6.45, 7) is 32.2. The van der Waals surface area contributed by atoms with Gasteiger partial charge >= 0.3 is 6.85 Å². The van der Waals surface area contributed by atoms with E-state index in [2.05, 4.69) is 209 Å². The summed E-state index contributed by atoms with van der Waals surface area (Å²) in [7, 11) is 0. The molecule has 0 radical (unpaired) electrons. The molecule has 14 rings (SSSR count). The van der Waals surface area contributed by atoms with Crippen LogP contribution in [0.15, 0.2) is 109 Å². The van der Waals surface area contributed by atoms with Gasteiger partial charge in [-0.25, -0.2) is 0 Å². The van der Waals surface area contributed by atoms with Gasteiger partial charge in [0.25, 0.3) is 0 Å². The van der Waals surface area contributed by atoms with Gasteiger partial charge in [0.1, 0.15) is 0 Å². The lowest BCUT2D eigenvalue weighted by atomic mass is 9.43. The Morgan fingerprint density at radius 1 is 0.403 bits per heavy atom. The van der Waals surface area contributed by atoms with Gasteiger partial charge in [-0.15, -0.1) is 22.7 Å². The van der Waals surface area contributed by atoms with Gasteiger partial charge < -0.3 is 9.71 Å². The van der Waals surface area contributed by atoms with Crippen LogP contribution in [-0.2, 0) is 32.5 Å². The molecule has 2 aliphatic heterocycles. The molecule has 0 atom stereocenters. The predicted molar refractivity (Wildman–Crippen MR) is 317 cm³/mol. The van der Waals surface area contributed by atoms with E-state index in [1.165, 1.54) is 168 Å². The lowest BCUT2D eigenvalue weighted by Crippen LogP contribution is -2.62. The molecule has 3 aliphatic carbocycles. The summed E-state index contributed by atoms with van der Waals surface area (Å²) < 4.78 is 5.49. The van der Waals surface area contributed by atoms with Gasteiger partial charge in [0, 0.05) is 64.0 Å². The average molecular weight is 977 g/mol. The highest BCUT2D eigenvalue weighted by molar-refractivity contribution is 7.28. The number of hydrogen-bond acceptors (Lipinski definition) is 4. The Bertz CT molecular complexity index is 3870. The molecule has 5 heteroatoms. The molecule has 4 heterocycles. The molecule has 0 N–H and O–H groups in total. The molecule has 9 aromatic rings. The van der Waals surface area contributed by atoms with Crippen LogP contribution < -0.4 is 20.6 Å². The highest BCUT2D eigenvalue weighted by atomic mass is 32.1. The first-order chi connectivity index (χ1) is 34.1. The monoisotopic (exact) mass is 976 g/mol. The van der Waals surface area contributed by atoms with E-state index < -0.39 is 0 Å². The summed E-state index contributed by atoms with van der Waals surface area (Å²) in [5.41, 5.74) is 23.1. The van der Waals surface area contributed by atoms with Crippen LogP contribution in [0.2, 0.25) is 0 Å². The number of nitrogens with zero attached hydrogens (tertiary/aromatic N) is 2. The van der Waals surface area contributed by atoms with Crippen molar-refractivity contribution in [3.8, 4) is 11.1 Å². The summed E-state index contributed by atoms with van der Waals surface area (Å²) in [4.78, 5) is 5.67. The van der Waals surface area contributed by atoms with Gasteiger partial charge in [0.15, 0.2) is 0 Å². The van der Waals surface area contributed by atoms with E-state index in [-0.39, 0.29) is 39.3 Å². The number of thiophene rings is 2. The number of rotatable bonds is 2. The van der Waals surface area contributed by atoms with Crippen LogP contribution in [-0.4, -0.2) is 6.85 Å². The molecule has 0 unspecified atom stereocenters. The van der Waals surface area contributed by atoms with E-state index in [4.69, 9.17) is 0 Å². The zero-order valence-corrected chi connectivity index (χ0v) is 46.6. The molecule has 0 saturated carbocycles. The third-order valence-corrected chi connectivity index (χ3v) is 22.0. The number of hydrogen-bond donors (Lipinski definition) is 0. The lowest BCUT2D eigenvalue weighted by molar-refractivity contribution is 0.332. The fraction of sp³-hybridized carbons (Fsp3) is 0.373. The van der Waals surface area contributed by atoms with Crippen molar-refractivity contribution < 1.29 is 0 Å². The summed E-state index contributed by atoms with van der Waals surface area (Å²) in [6, 6.07) is 44.4. The molecule has 0 bridgehead atoms. The smallest absolute Gasteiger partial charge is 0.334 e. The van der Waals surface area contributed by atoms with Crippen LogP contribution in [0.5, 0.6) is 0 Å². The van der Waals surface area contributed by atoms with Crippen LogP contribution in [0.4, 0.5) is 28.4 Å². The molecule has 0 saturated heterocycles. The van der Waals surface area contributed by atoms with E-state index in [1.54, 1.807) is 0 Å². The van der Waals surface area contributed by atoms with Crippen molar-refractivity contribution in [2.45, 2.75) is 161 Å². The normalized spacial score (nSPS) is 20.3. The van der Waals surface area contributed by atoms with Crippen molar-refractivity contribution in [3.05, 3.63) is 148 Å². The quantitative estimate of drug-likeness (QED) is 0.159. The van der Waals surface area contributed by atoms with Gasteiger partial charge in [0.2, 0.25) is 0 Å². The summed E-state index contributed by atoms with van der Waals surface area (Å²) in [5, 5.41) is 5.43. The first kappa shape index (κ1) is 45.3. The van der Waals surface area contributed by atoms with E-state index >= 15 is 0 Å². The molecule has 72 heavy (non-hydrogen) atoms. The average Bonchev–Trinajstić information content (AvgIpc) is 3.92. The minimum absolute atomic E-state index is 0.0404. The standard InChI is InChI=1S/C67H69BN2S2/c1-38-32-47-50(66(10,11)30-28-63(47,4)5)36-53(38)69-52-25-23-42-40-18-14-16-20-55(40)71-60(42)58(52)68-57-44(34-45-41-19-15-17-21-56(41)72-61(45)59(57)69)43-35-49-51(67(12,13)31-29-65(49,8)9)37-54(43)70(68)39-22-24-46-48(33-39)64(6,7)27-26-62(46,2)3/h14-25,32-37H,26-31H2,1-13H3. The van der Waals surface area contributed by atoms with Crippen LogP contribution in [0, 0.1) is 6.92 Å². The number of anilines is 5. The van der Waals surface area contributed by atoms with Crippen molar-refractivity contribution in [1.29, 1.82) is 0 Å². The largest absolute Gasteiger partial charge is 0.376 e. The van der Waals surface area contributed by atoms with Gasteiger partial charge in [-0.1, -0.05) is 138 Å². The Labute approximate surface area is 436 Å². The van der Waals surface area contributed by atoms with E-state index in [0.29, 0.717) is 0 Å². The molecule has 0 fully saturated rings. The fourth-order valence-electron chi connectivity index (χ4n) is 14.7. The Kier molecular flexibility index (Phi) is 9.10. The summed E-state index contributed by atoms with van der Waals surface area (Å²) in [5.74, 6) is 0. The fourth-order valence-corrected chi connectivity index (χ4v) is 17.2. The highest BCUT2D eigenvalue weighted by Gasteiger charge is 2.50. The van der Waals surface area contributed by atoms with Gasteiger partial charge in [-0.05, 0) is 188 Å². The molecule has 0 spiro atoms. The Hall–Kier alpha value is -5.36. The maximum absolute atomic E-state index is 2.88. The number of benzene rings is 7. The van der Waals surface area contributed by atoms with Crippen LogP contribution in [0.25, 0.3) is 51.5 Å². The number of aryl methyl sites for hydroxylation is 1. The zero-order chi connectivity index (χ0) is 50.0. The SMILES string of the molecule is Cc1cc2c(cc1N1c3ccc4c(sc5ccccc54)c3B3c4c(cc5c(sc6ccccc65)c41)-c1cc4c(cc1N3c1ccc3c(c1)C(C)(C)CCC3(C)C)C(C)(C)CCC4(C)C)C(C)(C)CCC2(C)C. The van der Waals surface area contributed by atoms with Gasteiger partial charge in [-0.3, -0.25) is 0 Å². The third kappa shape index (κ3) is 6.07. The number of fused-ring (bicyclic) bond motifs is 15. The Morgan fingerprint density at radius 3 is 1.51 bits per heavy atom. The van der Waals surface area contributed by atoms with Crippen LogP contribution in [0.1, 0.15) is 161 Å². The second kappa shape index (κ2) is 14.5. The molecule has 362 valence electrons. The lowest BCUT2D eigenvalue weighted by Gasteiger charge is -2.49.